The molecule has 1 saturated carbocycles. The highest BCUT2D eigenvalue weighted by Crippen LogP contribution is 2.41. The third-order valence-corrected chi connectivity index (χ3v) is 3.38. The van der Waals surface area contributed by atoms with Gasteiger partial charge in [-0.3, -0.25) is 9.48 Å². The van der Waals surface area contributed by atoms with Crippen molar-refractivity contribution in [1.82, 2.24) is 9.36 Å². The lowest BCUT2D eigenvalue weighted by Gasteiger charge is -2.09. The van der Waals surface area contributed by atoms with Crippen LogP contribution in [0.2, 0.25) is 0 Å². The lowest BCUT2D eigenvalue weighted by Crippen LogP contribution is -2.20. The molecule has 2 aromatic rings. The third kappa shape index (κ3) is 1.54. The molecule has 1 aliphatic rings. The summed E-state index contributed by atoms with van der Waals surface area (Å²) in [5.74, 6) is 0.0702. The first-order valence-electron chi connectivity index (χ1n) is 5.93. The highest BCUT2D eigenvalue weighted by molar-refractivity contribution is 5.48. The Labute approximate surface area is 103 Å². The van der Waals surface area contributed by atoms with Crippen molar-refractivity contribution >= 4 is 5.69 Å². The summed E-state index contributed by atoms with van der Waals surface area (Å²) >= 11 is 0. The monoisotopic (exact) mass is 247 g/mol. The molecule has 18 heavy (non-hydrogen) atoms. The van der Waals surface area contributed by atoms with E-state index in [1.807, 2.05) is 7.05 Å². The maximum Gasteiger partial charge on any atom is 0.294 e. The SMILES string of the molecule is Cn1c(C2CC2)c(N)c(=O)n1-c1ccc(F)cc1. The van der Waals surface area contributed by atoms with Crippen LogP contribution in [0.1, 0.15) is 24.5 Å². The molecule has 1 heterocycles. The first-order chi connectivity index (χ1) is 8.59. The molecule has 5 heteroatoms. The maximum absolute atomic E-state index is 12.9. The molecule has 0 aliphatic heterocycles. The van der Waals surface area contributed by atoms with Crippen molar-refractivity contribution in [3.05, 3.63) is 46.1 Å². The van der Waals surface area contributed by atoms with Crippen LogP contribution in [0.15, 0.2) is 29.1 Å². The van der Waals surface area contributed by atoms with Crippen molar-refractivity contribution in [2.45, 2.75) is 18.8 Å². The van der Waals surface area contributed by atoms with E-state index in [1.165, 1.54) is 16.8 Å². The van der Waals surface area contributed by atoms with E-state index >= 15 is 0 Å². The molecule has 0 amide bonds. The number of aromatic nitrogens is 2. The predicted octanol–water partition coefficient (Wildman–Crippen LogP) is 1.77. The number of nitrogen functional groups attached to an aromatic ring is 1. The smallest absolute Gasteiger partial charge is 0.294 e. The van der Waals surface area contributed by atoms with Crippen LogP contribution in [0.3, 0.4) is 0 Å². The standard InChI is InChI=1S/C13H14FN3O/c1-16-12(8-2-3-8)11(15)13(18)17(16)10-6-4-9(14)5-7-10/h4-8H,2-3,15H2,1H3. The summed E-state index contributed by atoms with van der Waals surface area (Å²) in [6, 6.07) is 5.82. The van der Waals surface area contributed by atoms with Crippen LogP contribution in [0.25, 0.3) is 5.69 Å². The lowest BCUT2D eigenvalue weighted by atomic mass is 10.2. The summed E-state index contributed by atoms with van der Waals surface area (Å²) in [5, 5.41) is 0. The Hall–Kier alpha value is -2.04. The zero-order valence-corrected chi connectivity index (χ0v) is 10.1. The van der Waals surface area contributed by atoms with E-state index in [2.05, 4.69) is 0 Å². The molecule has 2 N–H and O–H groups in total. The van der Waals surface area contributed by atoms with Crippen molar-refractivity contribution in [3.8, 4) is 5.69 Å². The second kappa shape index (κ2) is 3.73. The number of halogens is 1. The molecule has 0 atom stereocenters. The van der Waals surface area contributed by atoms with Gasteiger partial charge in [0.2, 0.25) is 0 Å². The van der Waals surface area contributed by atoms with Gasteiger partial charge in [0.15, 0.2) is 0 Å². The van der Waals surface area contributed by atoms with Gasteiger partial charge in [0.05, 0.1) is 11.4 Å². The lowest BCUT2D eigenvalue weighted by molar-refractivity contribution is 0.608. The van der Waals surface area contributed by atoms with Crippen molar-refractivity contribution in [1.29, 1.82) is 0 Å². The van der Waals surface area contributed by atoms with Crippen molar-refractivity contribution in [2.75, 3.05) is 5.73 Å². The van der Waals surface area contributed by atoms with Gasteiger partial charge < -0.3 is 5.73 Å². The summed E-state index contributed by atoms with van der Waals surface area (Å²) in [5.41, 5.74) is 7.48. The van der Waals surface area contributed by atoms with Crippen molar-refractivity contribution < 1.29 is 4.39 Å². The molecule has 0 unspecified atom stereocenters. The van der Waals surface area contributed by atoms with Crippen LogP contribution in [-0.4, -0.2) is 9.36 Å². The fraction of sp³-hybridized carbons (Fsp3) is 0.308. The minimum absolute atomic E-state index is 0.231. The number of hydrogen-bond acceptors (Lipinski definition) is 2. The molecule has 1 fully saturated rings. The van der Waals surface area contributed by atoms with Crippen LogP contribution in [0, 0.1) is 5.82 Å². The number of hydrogen-bond donors (Lipinski definition) is 1. The van der Waals surface area contributed by atoms with Gasteiger partial charge in [-0.15, -0.1) is 0 Å². The maximum atomic E-state index is 12.9. The fourth-order valence-electron chi connectivity index (χ4n) is 2.36. The van der Waals surface area contributed by atoms with E-state index < -0.39 is 0 Å². The average molecular weight is 247 g/mol. The number of anilines is 1. The summed E-state index contributed by atoms with van der Waals surface area (Å²) < 4.78 is 16.2. The molecular weight excluding hydrogens is 233 g/mol. The molecule has 1 aromatic heterocycles. The number of nitrogens with zero attached hydrogens (tertiary/aromatic N) is 2. The quantitative estimate of drug-likeness (QED) is 0.879. The molecule has 1 aliphatic carbocycles. The van der Waals surface area contributed by atoms with Crippen LogP contribution < -0.4 is 11.3 Å². The summed E-state index contributed by atoms with van der Waals surface area (Å²) in [6.07, 6.45) is 2.15. The first kappa shape index (κ1) is 11.1. The van der Waals surface area contributed by atoms with Gasteiger partial charge in [-0.25, -0.2) is 9.07 Å². The molecule has 0 saturated heterocycles. The zero-order chi connectivity index (χ0) is 12.9. The summed E-state index contributed by atoms with van der Waals surface area (Å²) in [6.45, 7) is 0. The molecule has 0 radical (unpaired) electrons. The van der Waals surface area contributed by atoms with E-state index in [1.54, 1.807) is 16.8 Å². The number of nitrogens with two attached hydrogens (primary N) is 1. The Kier molecular flexibility index (Phi) is 2.29. The predicted molar refractivity (Wildman–Crippen MR) is 67.4 cm³/mol. The van der Waals surface area contributed by atoms with Crippen LogP contribution in [0.4, 0.5) is 10.1 Å². The van der Waals surface area contributed by atoms with E-state index in [0.717, 1.165) is 18.5 Å². The zero-order valence-electron chi connectivity index (χ0n) is 10.1. The summed E-state index contributed by atoms with van der Waals surface area (Å²) in [7, 11) is 1.81. The molecule has 0 bridgehead atoms. The highest BCUT2D eigenvalue weighted by atomic mass is 19.1. The first-order valence-corrected chi connectivity index (χ1v) is 5.93. The summed E-state index contributed by atoms with van der Waals surface area (Å²) in [4.78, 5) is 12.2. The topological polar surface area (TPSA) is 52.9 Å². The van der Waals surface area contributed by atoms with Crippen LogP contribution in [0.5, 0.6) is 0 Å². The van der Waals surface area contributed by atoms with Gasteiger partial charge in [0.1, 0.15) is 11.5 Å². The highest BCUT2D eigenvalue weighted by Gasteiger charge is 2.31. The Morgan fingerprint density at radius 1 is 1.28 bits per heavy atom. The molecule has 94 valence electrons. The van der Waals surface area contributed by atoms with Crippen LogP contribution >= 0.6 is 0 Å². The number of benzene rings is 1. The normalized spacial score (nSPS) is 15.0. The van der Waals surface area contributed by atoms with Gasteiger partial charge in [-0.05, 0) is 37.1 Å². The fourth-order valence-corrected chi connectivity index (χ4v) is 2.36. The van der Waals surface area contributed by atoms with Gasteiger partial charge in [0, 0.05) is 13.0 Å². The molecule has 4 nitrogen and oxygen atoms in total. The Morgan fingerprint density at radius 3 is 2.44 bits per heavy atom. The Bertz CT molecular complexity index is 650. The van der Waals surface area contributed by atoms with Crippen molar-refractivity contribution in [3.63, 3.8) is 0 Å². The molecule has 3 rings (SSSR count). The Balaban J connectivity index is 2.20. The van der Waals surface area contributed by atoms with Gasteiger partial charge in [-0.2, -0.15) is 0 Å². The third-order valence-electron chi connectivity index (χ3n) is 3.38. The van der Waals surface area contributed by atoms with E-state index in [-0.39, 0.29) is 11.4 Å². The van der Waals surface area contributed by atoms with Crippen molar-refractivity contribution in [2.24, 2.45) is 7.05 Å². The second-order valence-electron chi connectivity index (χ2n) is 4.69. The van der Waals surface area contributed by atoms with Gasteiger partial charge in [0.25, 0.3) is 5.56 Å². The van der Waals surface area contributed by atoms with Crippen LogP contribution in [-0.2, 0) is 7.05 Å². The second-order valence-corrected chi connectivity index (χ2v) is 4.69. The van der Waals surface area contributed by atoms with Gasteiger partial charge >= 0.3 is 0 Å². The number of rotatable bonds is 2. The molecule has 0 spiro atoms. The molecular formula is C13H14FN3O. The minimum atomic E-state index is -0.323. The minimum Gasteiger partial charge on any atom is -0.393 e. The van der Waals surface area contributed by atoms with E-state index in [0.29, 0.717) is 17.3 Å². The van der Waals surface area contributed by atoms with E-state index in [9.17, 15) is 9.18 Å². The Morgan fingerprint density at radius 2 is 1.89 bits per heavy atom. The molecule has 1 aromatic carbocycles. The average Bonchev–Trinajstić information content (AvgIpc) is 3.13. The largest absolute Gasteiger partial charge is 0.393 e. The van der Waals surface area contributed by atoms with Gasteiger partial charge in [-0.1, -0.05) is 0 Å². The van der Waals surface area contributed by atoms with E-state index in [4.69, 9.17) is 5.73 Å².